The summed E-state index contributed by atoms with van der Waals surface area (Å²) in [6, 6.07) is 0.148. The summed E-state index contributed by atoms with van der Waals surface area (Å²) in [5, 5.41) is 9.89. The quantitative estimate of drug-likeness (QED) is 0.323. The van der Waals surface area contributed by atoms with Gasteiger partial charge in [-0.25, -0.2) is 4.99 Å². The minimum atomic E-state index is -4.51. The second kappa shape index (κ2) is 11.7. The Kier molecular flexibility index (Phi) is 10.3. The Hall–Kier alpha value is -1.57. The van der Waals surface area contributed by atoms with Gasteiger partial charge in [0.1, 0.15) is 0 Å². The lowest BCUT2D eigenvalue weighted by Crippen LogP contribution is -2.50. The lowest BCUT2D eigenvalue weighted by molar-refractivity contribution is -0.142. The Morgan fingerprint density at radius 1 is 1.33 bits per heavy atom. The summed E-state index contributed by atoms with van der Waals surface area (Å²) in [6.45, 7) is 4.33. The van der Waals surface area contributed by atoms with E-state index >= 15 is 0 Å². The molecule has 0 aromatic carbocycles. The summed E-state index contributed by atoms with van der Waals surface area (Å²) < 4.78 is 40.4. The number of guanidine groups is 1. The van der Waals surface area contributed by atoms with Gasteiger partial charge in [-0.1, -0.05) is 0 Å². The summed E-state index contributed by atoms with van der Waals surface area (Å²) in [6.07, 6.45) is -1.51. The predicted octanol–water partition coefficient (Wildman–Crippen LogP) is 1.66. The third-order valence-electron chi connectivity index (χ3n) is 4.71. The van der Waals surface area contributed by atoms with Gasteiger partial charge >= 0.3 is 6.18 Å². The van der Waals surface area contributed by atoms with E-state index in [1.54, 1.807) is 19.0 Å². The molecule has 0 saturated carbocycles. The number of alkyl halides is 3. The number of aryl methyl sites for hydroxylation is 1. The van der Waals surface area contributed by atoms with Crippen molar-refractivity contribution in [3.63, 3.8) is 0 Å². The fraction of sp³-hybridized carbons (Fsp3) is 0.722. The fourth-order valence-electron chi connectivity index (χ4n) is 3.14. The maximum atomic E-state index is 13.1. The van der Waals surface area contributed by atoms with E-state index < -0.39 is 11.9 Å². The van der Waals surface area contributed by atoms with Crippen LogP contribution in [-0.2, 0) is 24.6 Å². The van der Waals surface area contributed by atoms with E-state index in [4.69, 9.17) is 0 Å². The third-order valence-corrected chi connectivity index (χ3v) is 4.71. The maximum absolute atomic E-state index is 13.1. The van der Waals surface area contributed by atoms with Gasteiger partial charge < -0.3 is 15.5 Å². The molecule has 2 N–H and O–H groups in total. The first kappa shape index (κ1) is 26.5. The molecule has 0 spiro atoms. The number of nitrogens with one attached hydrogen (secondary N) is 2. The zero-order chi connectivity index (χ0) is 21.6. The highest BCUT2D eigenvalue weighted by Gasteiger charge is 2.36. The van der Waals surface area contributed by atoms with Gasteiger partial charge in [0.25, 0.3) is 0 Å². The van der Waals surface area contributed by atoms with Gasteiger partial charge in [-0.3, -0.25) is 14.4 Å². The Morgan fingerprint density at radius 2 is 1.97 bits per heavy atom. The minimum Gasteiger partial charge on any atom is -0.357 e. The molecular formula is C18H31F3IN7O. The van der Waals surface area contributed by atoms with Crippen molar-refractivity contribution in [2.75, 3.05) is 40.3 Å². The van der Waals surface area contributed by atoms with E-state index in [2.05, 4.69) is 25.6 Å². The van der Waals surface area contributed by atoms with Gasteiger partial charge in [0.15, 0.2) is 11.7 Å². The van der Waals surface area contributed by atoms with E-state index in [-0.39, 0.29) is 48.0 Å². The summed E-state index contributed by atoms with van der Waals surface area (Å²) in [7, 11) is 4.94. The topological polar surface area (TPSA) is 77.8 Å². The number of carbonyl (C=O) groups excluding carboxylic acids is 1. The molecular weight excluding hydrogens is 514 g/mol. The Balaban J connectivity index is 0.00000450. The average molecular weight is 545 g/mol. The highest BCUT2D eigenvalue weighted by atomic mass is 127. The predicted molar refractivity (Wildman–Crippen MR) is 120 cm³/mol. The number of carbonyl (C=O) groups is 1. The molecule has 0 radical (unpaired) electrons. The zero-order valence-electron chi connectivity index (χ0n) is 17.8. The lowest BCUT2D eigenvalue weighted by atomic mass is 10.1. The van der Waals surface area contributed by atoms with Crippen molar-refractivity contribution in [1.82, 2.24) is 30.2 Å². The molecule has 8 nitrogen and oxygen atoms in total. The highest BCUT2D eigenvalue weighted by molar-refractivity contribution is 14.0. The number of nitrogens with zero attached hydrogens (tertiary/aromatic N) is 5. The first-order valence-electron chi connectivity index (χ1n) is 9.67. The largest absolute Gasteiger partial charge is 0.435 e. The van der Waals surface area contributed by atoms with Crippen molar-refractivity contribution in [3.8, 4) is 0 Å². The Morgan fingerprint density at radius 3 is 2.50 bits per heavy atom. The number of likely N-dealkylation sites (N-methyl/N-ethyl adjacent to an activating group) is 1. The molecule has 0 bridgehead atoms. The van der Waals surface area contributed by atoms with E-state index in [9.17, 15) is 18.0 Å². The second-order valence-corrected chi connectivity index (χ2v) is 7.35. The molecule has 0 atom stereocenters. The molecule has 1 saturated heterocycles. The molecule has 1 amide bonds. The van der Waals surface area contributed by atoms with Gasteiger partial charge in [-0.05, 0) is 19.8 Å². The minimum absolute atomic E-state index is 0. The number of aliphatic imine (C=N–C) groups is 1. The number of amides is 1. The van der Waals surface area contributed by atoms with Crippen LogP contribution in [0.3, 0.4) is 0 Å². The van der Waals surface area contributed by atoms with Crippen LogP contribution in [0.1, 0.15) is 31.0 Å². The molecule has 1 aliphatic heterocycles. The normalized spacial score (nSPS) is 16.2. The van der Waals surface area contributed by atoms with Crippen molar-refractivity contribution in [1.29, 1.82) is 0 Å². The molecule has 12 heteroatoms. The number of aromatic nitrogens is 2. The Labute approximate surface area is 192 Å². The lowest BCUT2D eigenvalue weighted by Gasteiger charge is -2.33. The number of hydrogen-bond donors (Lipinski definition) is 2. The number of piperidine rings is 1. The first-order chi connectivity index (χ1) is 13.6. The molecule has 1 fully saturated rings. The summed E-state index contributed by atoms with van der Waals surface area (Å²) in [5.41, 5.74) is -0.868. The van der Waals surface area contributed by atoms with E-state index in [0.29, 0.717) is 19.0 Å². The van der Waals surface area contributed by atoms with Crippen LogP contribution in [0.25, 0.3) is 0 Å². The number of hydrogen-bond acceptors (Lipinski definition) is 4. The van der Waals surface area contributed by atoms with Crippen molar-refractivity contribution < 1.29 is 18.0 Å². The standard InChI is InChI=1S/C18H30F3N7O.HI/c1-5-22-17(23-10-13-11-27(4)25-16(13)18(19,20)21)24-14-6-8-28(9-7-14)12-15(29)26(2)3;/h11,14H,5-10,12H2,1-4H3,(H2,22,23,24);1H. The van der Waals surface area contributed by atoms with Gasteiger partial charge in [0.2, 0.25) is 5.91 Å². The van der Waals surface area contributed by atoms with Crippen molar-refractivity contribution >= 4 is 35.8 Å². The fourth-order valence-corrected chi connectivity index (χ4v) is 3.14. The molecule has 1 aromatic heterocycles. The number of likely N-dealkylation sites (tertiary alicyclic amines) is 1. The molecule has 2 rings (SSSR count). The molecule has 0 unspecified atom stereocenters. The summed E-state index contributed by atoms with van der Waals surface area (Å²) in [5.74, 6) is 0.551. The first-order valence-corrected chi connectivity index (χ1v) is 9.67. The summed E-state index contributed by atoms with van der Waals surface area (Å²) >= 11 is 0. The van der Waals surface area contributed by atoms with Crippen molar-refractivity contribution in [3.05, 3.63) is 17.5 Å². The van der Waals surface area contributed by atoms with Gasteiger partial charge in [0.05, 0.1) is 13.1 Å². The number of rotatable bonds is 6. The molecule has 2 heterocycles. The number of halogens is 4. The molecule has 1 aromatic rings. The van der Waals surface area contributed by atoms with Gasteiger partial charge in [-0.2, -0.15) is 18.3 Å². The zero-order valence-corrected chi connectivity index (χ0v) is 20.1. The van der Waals surface area contributed by atoms with E-state index in [1.807, 2.05) is 6.92 Å². The van der Waals surface area contributed by atoms with Gasteiger partial charge in [-0.15, -0.1) is 24.0 Å². The van der Waals surface area contributed by atoms with E-state index in [1.165, 1.54) is 13.2 Å². The third kappa shape index (κ3) is 7.93. The van der Waals surface area contributed by atoms with Crippen LogP contribution in [0.2, 0.25) is 0 Å². The maximum Gasteiger partial charge on any atom is 0.435 e. The van der Waals surface area contributed by atoms with Crippen molar-refractivity contribution in [2.24, 2.45) is 12.0 Å². The van der Waals surface area contributed by atoms with E-state index in [0.717, 1.165) is 30.6 Å². The van der Waals surface area contributed by atoms with Crippen molar-refractivity contribution in [2.45, 2.75) is 38.5 Å². The monoisotopic (exact) mass is 545 g/mol. The van der Waals surface area contributed by atoms with Crippen LogP contribution in [0, 0.1) is 0 Å². The van der Waals surface area contributed by atoms with Crippen LogP contribution in [0.5, 0.6) is 0 Å². The molecule has 0 aliphatic carbocycles. The van der Waals surface area contributed by atoms with Crippen LogP contribution in [-0.4, -0.2) is 77.8 Å². The van der Waals surface area contributed by atoms with Crippen LogP contribution in [0.4, 0.5) is 13.2 Å². The molecule has 30 heavy (non-hydrogen) atoms. The Bertz CT molecular complexity index is 713. The molecule has 1 aliphatic rings. The molecule has 172 valence electrons. The second-order valence-electron chi connectivity index (χ2n) is 7.35. The highest BCUT2D eigenvalue weighted by Crippen LogP contribution is 2.30. The SMILES string of the molecule is CCNC(=NCc1cn(C)nc1C(F)(F)F)NC1CCN(CC(=O)N(C)C)CC1.I. The van der Waals surface area contributed by atoms with Crippen LogP contribution >= 0.6 is 24.0 Å². The van der Waals surface area contributed by atoms with Crippen LogP contribution < -0.4 is 10.6 Å². The summed E-state index contributed by atoms with van der Waals surface area (Å²) in [4.78, 5) is 19.8. The van der Waals surface area contributed by atoms with Gasteiger partial charge in [0, 0.05) is 58.6 Å². The smallest absolute Gasteiger partial charge is 0.357 e. The van der Waals surface area contributed by atoms with Crippen LogP contribution in [0.15, 0.2) is 11.2 Å². The average Bonchev–Trinajstić information content (AvgIpc) is 3.02.